The highest BCUT2D eigenvalue weighted by Crippen LogP contribution is 2.37. The monoisotopic (exact) mass is 1410 g/mol. The van der Waals surface area contributed by atoms with Crippen LogP contribution < -0.4 is 0 Å². The van der Waals surface area contributed by atoms with Crippen molar-refractivity contribution in [2.24, 2.45) is 65.1 Å². The minimum atomic E-state index is -5.33. The molecule has 0 aromatic heterocycles. The van der Waals surface area contributed by atoms with Gasteiger partial charge in [0.1, 0.15) is 30.5 Å². The maximum Gasteiger partial charge on any atom is 0.397 e. The standard InChI is InChI=1S/C79H152O17S/c1-14-16-18-20-22-24-26-28-29-31-32-34-36-38-40-42-67(82)65(12)52-63(10)50-61(8)48-59(6)46-57(4)44-56(3)45-58(5)47-60(7)49-62(9)51-64(11)53-66(13)77(87)94-76-74(93-70(83)43-41-39-37-35-33-30-27-25-23-21-19-17-15-2)72(85)69(55-81)92-79(76)95-78-75(96-97(88,89)90)73(86)71(84)68(54-80)91-78/h56-69,71-76,78-82,84-86H,14-55H2,1-13H3,(H,88,89,90). The fourth-order valence-corrected chi connectivity index (χ4v) is 17.0. The molecule has 576 valence electrons. The van der Waals surface area contributed by atoms with Gasteiger partial charge in [-0.15, -0.1) is 0 Å². The Morgan fingerprint density at radius 2 is 0.722 bits per heavy atom. The van der Waals surface area contributed by atoms with Crippen molar-refractivity contribution in [1.82, 2.24) is 0 Å². The molecule has 0 aliphatic carbocycles. The molecule has 2 aliphatic heterocycles. The molecule has 0 radical (unpaired) electrons. The van der Waals surface area contributed by atoms with E-state index in [1.165, 1.54) is 173 Å². The molecular formula is C79H152O17S. The van der Waals surface area contributed by atoms with Crippen LogP contribution in [0.4, 0.5) is 0 Å². The molecular weight excluding hydrogens is 1250 g/mol. The Balaban J connectivity index is 1.89. The molecule has 2 fully saturated rings. The maximum atomic E-state index is 14.2. The molecule has 0 bridgehead atoms. The molecule has 22 atom stereocenters. The molecule has 18 heteroatoms. The first-order chi connectivity index (χ1) is 46.1. The Morgan fingerprint density at radius 3 is 1.08 bits per heavy atom. The van der Waals surface area contributed by atoms with Gasteiger partial charge in [0.05, 0.1) is 25.2 Å². The van der Waals surface area contributed by atoms with Crippen molar-refractivity contribution in [3.63, 3.8) is 0 Å². The summed E-state index contributed by atoms with van der Waals surface area (Å²) < 4.78 is 67.7. The molecule has 2 rings (SSSR count). The summed E-state index contributed by atoms with van der Waals surface area (Å²) in [5, 5.41) is 64.5. The number of aliphatic hydroxyl groups is 6. The zero-order valence-corrected chi connectivity index (χ0v) is 64.8. The van der Waals surface area contributed by atoms with Crippen molar-refractivity contribution < 1.29 is 81.1 Å². The van der Waals surface area contributed by atoms with Crippen molar-refractivity contribution in [1.29, 1.82) is 0 Å². The summed E-state index contributed by atoms with van der Waals surface area (Å²) in [6.07, 6.45) is 27.9. The van der Waals surface area contributed by atoms with Crippen molar-refractivity contribution in [3.8, 4) is 0 Å². The van der Waals surface area contributed by atoms with Crippen molar-refractivity contribution in [2.45, 2.75) is 414 Å². The van der Waals surface area contributed by atoms with Crippen LogP contribution in [0.3, 0.4) is 0 Å². The molecule has 0 amide bonds. The highest BCUT2D eigenvalue weighted by atomic mass is 32.3. The number of carbonyl (C=O) groups is 2. The van der Waals surface area contributed by atoms with Gasteiger partial charge in [0.25, 0.3) is 0 Å². The predicted molar refractivity (Wildman–Crippen MR) is 390 cm³/mol. The Hall–Kier alpha value is -1.55. The summed E-state index contributed by atoms with van der Waals surface area (Å²) in [6, 6.07) is 0. The zero-order chi connectivity index (χ0) is 72.3. The van der Waals surface area contributed by atoms with Gasteiger partial charge in [-0.3, -0.25) is 14.1 Å². The van der Waals surface area contributed by atoms with Crippen LogP contribution in [0.5, 0.6) is 0 Å². The van der Waals surface area contributed by atoms with Crippen LogP contribution in [0, 0.1) is 65.1 Å². The molecule has 2 aliphatic rings. The van der Waals surface area contributed by atoms with E-state index in [0.717, 1.165) is 64.2 Å². The lowest BCUT2D eigenvalue weighted by molar-refractivity contribution is -0.374. The number of ether oxygens (including phenoxy) is 5. The Kier molecular flexibility index (Phi) is 50.3. The highest BCUT2D eigenvalue weighted by molar-refractivity contribution is 7.80. The fourth-order valence-electron chi connectivity index (χ4n) is 16.6. The minimum absolute atomic E-state index is 0.0227. The smallest absolute Gasteiger partial charge is 0.397 e. The van der Waals surface area contributed by atoms with Gasteiger partial charge in [-0.2, -0.15) is 8.42 Å². The maximum absolute atomic E-state index is 14.2. The number of esters is 2. The van der Waals surface area contributed by atoms with E-state index in [9.17, 15) is 53.2 Å². The Morgan fingerprint density at radius 1 is 0.402 bits per heavy atom. The van der Waals surface area contributed by atoms with Crippen LogP contribution in [-0.4, -0.2) is 136 Å². The second kappa shape index (κ2) is 53.3. The van der Waals surface area contributed by atoms with Crippen LogP contribution in [0.15, 0.2) is 0 Å². The molecule has 7 N–H and O–H groups in total. The molecule has 97 heavy (non-hydrogen) atoms. The SMILES string of the molecule is CCCCCCCCCCCCCCCCCC(O)C(C)CC(C)CC(C)CC(C)CC(C)CC(C)CC(C)CC(C)CC(C)CC(C)CC(C)C(=O)OC1C(OC2OC(CO)C(O)C(O)C2OS(=O)(=O)O)OC(CO)C(O)C1OC(=O)CCCCCCCCCCCCCCC. The van der Waals surface area contributed by atoms with Crippen LogP contribution >= 0.6 is 0 Å². The summed E-state index contributed by atoms with van der Waals surface area (Å²) in [7, 11) is -5.33. The Bertz CT molecular complexity index is 2050. The minimum Gasteiger partial charge on any atom is -0.455 e. The topological polar surface area (TPSA) is 265 Å². The largest absolute Gasteiger partial charge is 0.455 e. The second-order valence-corrected chi connectivity index (χ2v) is 33.4. The quantitative estimate of drug-likeness (QED) is 0.0169. The van der Waals surface area contributed by atoms with Gasteiger partial charge < -0.3 is 54.3 Å². The molecule has 0 aromatic carbocycles. The highest BCUT2D eigenvalue weighted by Gasteiger charge is 2.55. The Labute approximate surface area is 593 Å². The lowest BCUT2D eigenvalue weighted by Gasteiger charge is -2.46. The van der Waals surface area contributed by atoms with Crippen LogP contribution in [0.25, 0.3) is 0 Å². The fraction of sp³-hybridized carbons (Fsp3) is 0.975. The van der Waals surface area contributed by atoms with Gasteiger partial charge in [0, 0.05) is 6.42 Å². The van der Waals surface area contributed by atoms with E-state index in [2.05, 4.69) is 87.3 Å². The summed E-state index contributed by atoms with van der Waals surface area (Å²) in [4.78, 5) is 27.8. The number of rotatable bonds is 60. The van der Waals surface area contributed by atoms with E-state index in [4.69, 9.17) is 23.7 Å². The lowest BCUT2D eigenvalue weighted by atomic mass is 9.79. The third-order valence-corrected chi connectivity index (χ3v) is 21.7. The van der Waals surface area contributed by atoms with Gasteiger partial charge in [-0.05, 0) is 136 Å². The number of aliphatic hydroxyl groups excluding tert-OH is 6. The van der Waals surface area contributed by atoms with Crippen LogP contribution in [0.1, 0.15) is 347 Å². The normalized spacial score (nSPS) is 25.5. The third-order valence-electron chi connectivity index (χ3n) is 21.3. The van der Waals surface area contributed by atoms with Crippen LogP contribution in [-0.2, 0) is 47.9 Å². The van der Waals surface area contributed by atoms with Gasteiger partial charge in [0.2, 0.25) is 6.29 Å². The van der Waals surface area contributed by atoms with Gasteiger partial charge in [0.15, 0.2) is 24.6 Å². The first kappa shape index (κ1) is 91.5. The van der Waals surface area contributed by atoms with E-state index in [-0.39, 0.29) is 18.4 Å². The first-order valence-corrected chi connectivity index (χ1v) is 41.4. The summed E-state index contributed by atoms with van der Waals surface area (Å²) in [5.74, 6) is 2.99. The zero-order valence-electron chi connectivity index (χ0n) is 64.0. The van der Waals surface area contributed by atoms with E-state index < -0.39 is 103 Å². The summed E-state index contributed by atoms with van der Waals surface area (Å²) in [6.45, 7) is 28.0. The number of hydrogen-bond acceptors (Lipinski definition) is 16. The van der Waals surface area contributed by atoms with Crippen molar-refractivity contribution in [3.05, 3.63) is 0 Å². The molecule has 0 saturated carbocycles. The summed E-state index contributed by atoms with van der Waals surface area (Å²) in [5.41, 5.74) is 0. The third kappa shape index (κ3) is 41.5. The van der Waals surface area contributed by atoms with E-state index in [0.29, 0.717) is 66.1 Å². The summed E-state index contributed by atoms with van der Waals surface area (Å²) >= 11 is 0. The van der Waals surface area contributed by atoms with Crippen molar-refractivity contribution >= 4 is 22.3 Å². The molecule has 2 heterocycles. The molecule has 17 nitrogen and oxygen atoms in total. The number of carbonyl (C=O) groups excluding carboxylic acids is 2. The van der Waals surface area contributed by atoms with Gasteiger partial charge in [-0.1, -0.05) is 263 Å². The van der Waals surface area contributed by atoms with Gasteiger partial charge >= 0.3 is 22.3 Å². The van der Waals surface area contributed by atoms with Crippen molar-refractivity contribution in [2.75, 3.05) is 13.2 Å². The van der Waals surface area contributed by atoms with E-state index in [1.54, 1.807) is 6.92 Å². The van der Waals surface area contributed by atoms with Gasteiger partial charge in [-0.25, -0.2) is 4.18 Å². The molecule has 2 saturated heterocycles. The second-order valence-electron chi connectivity index (χ2n) is 32.4. The average molecular weight is 1410 g/mol. The first-order valence-electron chi connectivity index (χ1n) is 40.1. The number of unbranched alkanes of at least 4 members (excludes halogenated alkanes) is 26. The molecule has 22 unspecified atom stereocenters. The van der Waals surface area contributed by atoms with E-state index >= 15 is 0 Å². The lowest BCUT2D eigenvalue weighted by Crippen LogP contribution is -2.65. The van der Waals surface area contributed by atoms with E-state index in [1.807, 2.05) is 0 Å². The predicted octanol–water partition coefficient (Wildman–Crippen LogP) is 17.5. The average Bonchev–Trinajstić information content (AvgIpc) is 0.782. The molecule has 0 spiro atoms. The van der Waals surface area contributed by atoms with Crippen LogP contribution in [0.2, 0.25) is 0 Å². The number of hydrogen-bond donors (Lipinski definition) is 7. The molecule has 0 aromatic rings.